The molecule has 1 N–H and O–H groups in total. The Balaban J connectivity index is 1.36. The average molecular weight is 363 g/mol. The minimum absolute atomic E-state index is 0.0917. The normalized spacial score (nSPS) is 14.2. The molecule has 0 unspecified atom stereocenters. The lowest BCUT2D eigenvalue weighted by Gasteiger charge is -2.11. The predicted octanol–water partition coefficient (Wildman–Crippen LogP) is 4.44. The van der Waals surface area contributed by atoms with Crippen molar-refractivity contribution in [1.29, 1.82) is 0 Å². The first-order valence-corrected chi connectivity index (χ1v) is 9.19. The molecule has 0 spiro atoms. The van der Waals surface area contributed by atoms with Gasteiger partial charge in [0, 0.05) is 23.2 Å². The van der Waals surface area contributed by atoms with E-state index in [0.29, 0.717) is 17.5 Å². The van der Waals surface area contributed by atoms with Crippen LogP contribution in [0.4, 0.5) is 5.69 Å². The first-order valence-electron chi connectivity index (χ1n) is 9.19. The van der Waals surface area contributed by atoms with E-state index in [0.717, 1.165) is 36.9 Å². The quantitative estimate of drug-likeness (QED) is 0.700. The van der Waals surface area contributed by atoms with Crippen molar-refractivity contribution in [2.24, 2.45) is 5.92 Å². The topological polar surface area (TPSA) is 77.2 Å². The molecule has 4 rings (SSSR count). The van der Waals surface area contributed by atoms with E-state index in [4.69, 9.17) is 9.15 Å². The Morgan fingerprint density at radius 2 is 1.89 bits per heavy atom. The van der Waals surface area contributed by atoms with Crippen LogP contribution in [0, 0.1) is 5.92 Å². The third-order valence-electron chi connectivity index (χ3n) is 4.68. The highest BCUT2D eigenvalue weighted by molar-refractivity contribution is 5.92. The number of anilines is 1. The van der Waals surface area contributed by atoms with Crippen molar-refractivity contribution < 1.29 is 13.9 Å². The minimum Gasteiger partial charge on any atom is -0.484 e. The predicted molar refractivity (Wildman–Crippen MR) is 101 cm³/mol. The van der Waals surface area contributed by atoms with Gasteiger partial charge in [0.05, 0.1) is 0 Å². The fraction of sp³-hybridized carbons (Fsp3) is 0.286. The molecule has 1 aliphatic rings. The molecule has 0 aliphatic heterocycles. The molecule has 6 heteroatoms. The Bertz CT molecular complexity index is 902. The molecule has 27 heavy (non-hydrogen) atoms. The van der Waals surface area contributed by atoms with Crippen LogP contribution in [0.15, 0.2) is 59.0 Å². The first-order chi connectivity index (χ1) is 13.3. The third kappa shape index (κ3) is 4.34. The van der Waals surface area contributed by atoms with Gasteiger partial charge in [-0.1, -0.05) is 37.1 Å². The molecule has 0 saturated heterocycles. The largest absolute Gasteiger partial charge is 0.484 e. The van der Waals surface area contributed by atoms with Crippen molar-refractivity contribution in [3.8, 4) is 17.2 Å². The Kier molecular flexibility index (Phi) is 5.14. The molecule has 0 radical (unpaired) electrons. The Hall–Kier alpha value is -3.15. The van der Waals surface area contributed by atoms with Crippen LogP contribution in [0.2, 0.25) is 0 Å². The van der Waals surface area contributed by atoms with Gasteiger partial charge in [-0.3, -0.25) is 4.79 Å². The van der Waals surface area contributed by atoms with Crippen LogP contribution in [0.5, 0.6) is 5.75 Å². The molecule has 138 valence electrons. The molecule has 1 aliphatic carbocycles. The molecule has 1 fully saturated rings. The Morgan fingerprint density at radius 3 is 2.70 bits per heavy atom. The number of hydrogen-bond donors (Lipinski definition) is 1. The van der Waals surface area contributed by atoms with Gasteiger partial charge < -0.3 is 14.5 Å². The highest BCUT2D eigenvalue weighted by Gasteiger charge is 2.22. The van der Waals surface area contributed by atoms with Crippen molar-refractivity contribution in [3.63, 3.8) is 0 Å². The summed E-state index contributed by atoms with van der Waals surface area (Å²) in [7, 11) is 0. The van der Waals surface area contributed by atoms with Crippen molar-refractivity contribution in [2.75, 3.05) is 5.32 Å². The monoisotopic (exact) mass is 363 g/mol. The first kappa shape index (κ1) is 17.3. The number of hydrogen-bond acceptors (Lipinski definition) is 5. The molecule has 0 bridgehead atoms. The van der Waals surface area contributed by atoms with Crippen molar-refractivity contribution in [3.05, 3.63) is 60.5 Å². The number of aromatic nitrogens is 2. The van der Waals surface area contributed by atoms with Crippen LogP contribution in [0.1, 0.15) is 31.6 Å². The maximum Gasteiger partial charge on any atom is 0.254 e. The maximum absolute atomic E-state index is 12.3. The van der Waals surface area contributed by atoms with E-state index in [1.807, 2.05) is 48.5 Å². The molecule has 0 atom stereocenters. The number of amides is 1. The molecule has 6 nitrogen and oxygen atoms in total. The van der Waals surface area contributed by atoms with Gasteiger partial charge in [0.25, 0.3) is 5.89 Å². The summed E-state index contributed by atoms with van der Waals surface area (Å²) in [6.45, 7) is 0.167. The van der Waals surface area contributed by atoms with Crippen molar-refractivity contribution in [2.45, 2.75) is 32.3 Å². The van der Waals surface area contributed by atoms with E-state index in [1.165, 1.54) is 0 Å². The second-order valence-electron chi connectivity index (χ2n) is 6.65. The van der Waals surface area contributed by atoms with Gasteiger partial charge in [0.1, 0.15) is 5.75 Å². The molecule has 3 aromatic rings. The van der Waals surface area contributed by atoms with Gasteiger partial charge in [-0.05, 0) is 37.1 Å². The highest BCUT2D eigenvalue weighted by atomic mass is 16.5. The molecular weight excluding hydrogens is 342 g/mol. The standard InChI is InChI=1S/C21H21N3O3/c25-20(15-7-4-5-8-15)22-17-11-6-12-18(13-17)26-14-19-23-24-21(27-19)16-9-2-1-3-10-16/h1-3,6,9-13,15H,4-5,7-8,14H2,(H,22,25). The van der Waals surface area contributed by atoms with Crippen LogP contribution in [-0.4, -0.2) is 16.1 Å². The molecule has 2 aromatic carbocycles. The summed E-state index contributed by atoms with van der Waals surface area (Å²) in [5.41, 5.74) is 1.60. The Labute approximate surface area is 157 Å². The summed E-state index contributed by atoms with van der Waals surface area (Å²) in [5, 5.41) is 11.0. The third-order valence-corrected chi connectivity index (χ3v) is 4.68. The fourth-order valence-electron chi connectivity index (χ4n) is 3.25. The maximum atomic E-state index is 12.3. The molecular formula is C21H21N3O3. The number of ether oxygens (including phenoxy) is 1. The summed E-state index contributed by atoms with van der Waals surface area (Å²) >= 11 is 0. The van der Waals surface area contributed by atoms with Crippen molar-refractivity contribution in [1.82, 2.24) is 10.2 Å². The summed E-state index contributed by atoms with van der Waals surface area (Å²) in [4.78, 5) is 12.3. The molecule has 1 amide bonds. The molecule has 1 heterocycles. The molecule has 1 aromatic heterocycles. The lowest BCUT2D eigenvalue weighted by Crippen LogP contribution is -2.20. The van der Waals surface area contributed by atoms with Crippen LogP contribution >= 0.6 is 0 Å². The van der Waals surface area contributed by atoms with Gasteiger partial charge in [0.2, 0.25) is 11.8 Å². The number of benzene rings is 2. The summed E-state index contributed by atoms with van der Waals surface area (Å²) < 4.78 is 11.4. The van der Waals surface area contributed by atoms with E-state index >= 15 is 0 Å². The Morgan fingerprint density at radius 1 is 1.07 bits per heavy atom. The SMILES string of the molecule is O=C(Nc1cccc(OCc2nnc(-c3ccccc3)o2)c1)C1CCCC1. The van der Waals surface area contributed by atoms with E-state index in [1.54, 1.807) is 6.07 Å². The molecule has 1 saturated carbocycles. The number of carbonyl (C=O) groups excluding carboxylic acids is 1. The van der Waals surface area contributed by atoms with E-state index in [9.17, 15) is 4.79 Å². The number of rotatable bonds is 6. The second-order valence-corrected chi connectivity index (χ2v) is 6.65. The zero-order valence-corrected chi connectivity index (χ0v) is 14.9. The summed E-state index contributed by atoms with van der Waals surface area (Å²) in [6.07, 6.45) is 4.22. The smallest absolute Gasteiger partial charge is 0.254 e. The van der Waals surface area contributed by atoms with Crippen LogP contribution in [-0.2, 0) is 11.4 Å². The summed E-state index contributed by atoms with van der Waals surface area (Å²) in [6, 6.07) is 16.9. The minimum atomic E-state index is 0.0917. The van der Waals surface area contributed by atoms with Gasteiger partial charge in [0.15, 0.2) is 6.61 Å². The van der Waals surface area contributed by atoms with Crippen molar-refractivity contribution >= 4 is 11.6 Å². The second kappa shape index (κ2) is 8.03. The zero-order valence-electron chi connectivity index (χ0n) is 14.9. The van der Waals surface area contributed by atoms with Crippen LogP contribution in [0.25, 0.3) is 11.5 Å². The summed E-state index contributed by atoms with van der Waals surface area (Å²) in [5.74, 6) is 1.72. The fourth-order valence-corrected chi connectivity index (χ4v) is 3.25. The van der Waals surface area contributed by atoms with Crippen LogP contribution in [0.3, 0.4) is 0 Å². The zero-order chi connectivity index (χ0) is 18.5. The lowest BCUT2D eigenvalue weighted by atomic mass is 10.1. The lowest BCUT2D eigenvalue weighted by molar-refractivity contribution is -0.119. The van der Waals surface area contributed by atoms with Crippen LogP contribution < -0.4 is 10.1 Å². The highest BCUT2D eigenvalue weighted by Crippen LogP contribution is 2.27. The number of nitrogens with zero attached hydrogens (tertiary/aromatic N) is 2. The number of nitrogens with one attached hydrogen (secondary N) is 1. The van der Waals surface area contributed by atoms with Gasteiger partial charge >= 0.3 is 0 Å². The van der Waals surface area contributed by atoms with E-state index < -0.39 is 0 Å². The van der Waals surface area contributed by atoms with Gasteiger partial charge in [-0.2, -0.15) is 0 Å². The van der Waals surface area contributed by atoms with Gasteiger partial charge in [-0.15, -0.1) is 10.2 Å². The average Bonchev–Trinajstić information content (AvgIpc) is 3.40. The van der Waals surface area contributed by atoms with E-state index in [2.05, 4.69) is 15.5 Å². The van der Waals surface area contributed by atoms with Gasteiger partial charge in [-0.25, -0.2) is 0 Å². The number of carbonyl (C=O) groups is 1. The van der Waals surface area contributed by atoms with E-state index in [-0.39, 0.29) is 18.4 Å².